The molecule has 0 atom stereocenters. The number of thioether (sulfide) groups is 1. The summed E-state index contributed by atoms with van der Waals surface area (Å²) in [7, 11) is 0. The van der Waals surface area contributed by atoms with Crippen molar-refractivity contribution in [3.8, 4) is 5.75 Å². The van der Waals surface area contributed by atoms with Gasteiger partial charge in [0.05, 0.1) is 10.6 Å². The molecule has 0 aliphatic carbocycles. The van der Waals surface area contributed by atoms with E-state index in [4.69, 9.17) is 0 Å². The summed E-state index contributed by atoms with van der Waals surface area (Å²) in [6.07, 6.45) is 1.67. The predicted molar refractivity (Wildman–Crippen MR) is 94.8 cm³/mol. The van der Waals surface area contributed by atoms with Gasteiger partial charge in [-0.25, -0.2) is 4.99 Å². The molecule has 0 spiro atoms. The van der Waals surface area contributed by atoms with E-state index >= 15 is 0 Å². The zero-order valence-corrected chi connectivity index (χ0v) is 13.6. The van der Waals surface area contributed by atoms with Crippen LogP contribution in [0.25, 0.3) is 6.08 Å². The quantitative estimate of drug-likeness (QED) is 0.824. The van der Waals surface area contributed by atoms with Crippen molar-refractivity contribution in [2.75, 3.05) is 0 Å². The minimum absolute atomic E-state index is 0.146. The highest BCUT2D eigenvalue weighted by molar-refractivity contribution is 8.18. The van der Waals surface area contributed by atoms with E-state index in [9.17, 15) is 9.90 Å². The average Bonchev–Trinajstić information content (AvgIpc) is 2.84. The highest BCUT2D eigenvalue weighted by Crippen LogP contribution is 2.30. The number of carbonyl (C=O) groups excluding carboxylic acids is 1. The van der Waals surface area contributed by atoms with Gasteiger partial charge in [0.2, 0.25) is 0 Å². The number of carbonyl (C=O) groups is 1. The lowest BCUT2D eigenvalue weighted by atomic mass is 10.1. The van der Waals surface area contributed by atoms with E-state index in [-0.39, 0.29) is 11.7 Å². The molecule has 0 aromatic heterocycles. The first-order valence-electron chi connectivity index (χ1n) is 7.18. The summed E-state index contributed by atoms with van der Waals surface area (Å²) in [4.78, 5) is 17.1. The standard InChI is InChI=1S/C18H16N2O2S/c1-11-7-8-14(12(2)9-11)19-18-20-17(22)16(23-18)10-13-5-3-4-6-15(13)21/h3-10,21H,1-2H3,(H,19,20,22)/b16-10-. The van der Waals surface area contributed by atoms with Crippen molar-refractivity contribution in [3.63, 3.8) is 0 Å². The Morgan fingerprint density at radius 2 is 1.96 bits per heavy atom. The van der Waals surface area contributed by atoms with E-state index in [0.717, 1.165) is 11.3 Å². The van der Waals surface area contributed by atoms with Crippen LogP contribution in [0.4, 0.5) is 5.69 Å². The number of aliphatic imine (C=N–C) groups is 1. The molecule has 1 amide bonds. The molecular weight excluding hydrogens is 308 g/mol. The number of nitrogens with one attached hydrogen (secondary N) is 1. The number of benzene rings is 2. The van der Waals surface area contributed by atoms with Crippen LogP contribution < -0.4 is 5.32 Å². The van der Waals surface area contributed by atoms with Crippen molar-refractivity contribution in [1.82, 2.24) is 5.32 Å². The molecule has 1 aliphatic heterocycles. The van der Waals surface area contributed by atoms with Crippen LogP contribution in [0.15, 0.2) is 52.4 Å². The molecule has 1 aliphatic rings. The monoisotopic (exact) mass is 324 g/mol. The molecule has 3 rings (SSSR count). The zero-order valence-electron chi connectivity index (χ0n) is 12.8. The van der Waals surface area contributed by atoms with Crippen molar-refractivity contribution in [3.05, 3.63) is 64.1 Å². The van der Waals surface area contributed by atoms with E-state index in [1.165, 1.54) is 17.3 Å². The van der Waals surface area contributed by atoms with Crippen LogP contribution in [0.3, 0.4) is 0 Å². The smallest absolute Gasteiger partial charge is 0.264 e. The molecule has 2 N–H and O–H groups in total. The third-order valence-corrected chi connectivity index (χ3v) is 4.36. The SMILES string of the molecule is Cc1ccc(N=C2NC(=O)/C(=C/c3ccccc3O)S2)c(C)c1. The minimum Gasteiger partial charge on any atom is -0.507 e. The van der Waals surface area contributed by atoms with Crippen LogP contribution in [-0.4, -0.2) is 16.2 Å². The maximum absolute atomic E-state index is 12.1. The van der Waals surface area contributed by atoms with Gasteiger partial charge >= 0.3 is 0 Å². The second-order valence-electron chi connectivity index (χ2n) is 5.33. The lowest BCUT2D eigenvalue weighted by Gasteiger charge is -2.02. The van der Waals surface area contributed by atoms with Crippen molar-refractivity contribution >= 4 is 34.6 Å². The summed E-state index contributed by atoms with van der Waals surface area (Å²) in [5.41, 5.74) is 3.68. The number of nitrogens with zero attached hydrogens (tertiary/aromatic N) is 1. The maximum atomic E-state index is 12.1. The molecule has 116 valence electrons. The molecular formula is C18H16N2O2S. The van der Waals surface area contributed by atoms with Gasteiger partial charge in [0.25, 0.3) is 5.91 Å². The fourth-order valence-corrected chi connectivity index (χ4v) is 3.10. The predicted octanol–water partition coefficient (Wildman–Crippen LogP) is 3.90. The molecule has 1 saturated heterocycles. The van der Waals surface area contributed by atoms with Gasteiger partial charge in [0.1, 0.15) is 5.75 Å². The summed E-state index contributed by atoms with van der Waals surface area (Å²) in [6, 6.07) is 12.9. The number of hydrogen-bond donors (Lipinski definition) is 2. The molecule has 0 radical (unpaired) electrons. The number of phenols is 1. The number of amidine groups is 1. The molecule has 0 bridgehead atoms. The summed E-state index contributed by atoms with van der Waals surface area (Å²) >= 11 is 1.27. The first-order valence-corrected chi connectivity index (χ1v) is 7.99. The molecule has 1 fully saturated rings. The second kappa shape index (κ2) is 6.30. The van der Waals surface area contributed by atoms with E-state index in [1.54, 1.807) is 24.3 Å². The Balaban J connectivity index is 1.88. The Bertz CT molecular complexity index is 841. The fraction of sp³-hybridized carbons (Fsp3) is 0.111. The molecule has 1 heterocycles. The molecule has 0 unspecified atom stereocenters. The van der Waals surface area contributed by atoms with Crippen molar-refractivity contribution in [2.45, 2.75) is 13.8 Å². The number of aryl methyl sites for hydroxylation is 2. The zero-order chi connectivity index (χ0) is 16.4. The summed E-state index contributed by atoms with van der Waals surface area (Å²) in [6.45, 7) is 4.02. The third kappa shape index (κ3) is 3.46. The van der Waals surface area contributed by atoms with Crippen molar-refractivity contribution in [2.24, 2.45) is 4.99 Å². The van der Waals surface area contributed by atoms with E-state index in [0.29, 0.717) is 15.6 Å². The molecule has 5 heteroatoms. The van der Waals surface area contributed by atoms with Crippen LogP contribution >= 0.6 is 11.8 Å². The van der Waals surface area contributed by atoms with E-state index < -0.39 is 0 Å². The number of rotatable bonds is 2. The Kier molecular flexibility index (Phi) is 4.21. The lowest BCUT2D eigenvalue weighted by Crippen LogP contribution is -2.19. The third-order valence-electron chi connectivity index (χ3n) is 3.45. The number of hydrogen-bond acceptors (Lipinski definition) is 4. The normalized spacial score (nSPS) is 17.7. The van der Waals surface area contributed by atoms with Gasteiger partial charge in [-0.05, 0) is 49.4 Å². The van der Waals surface area contributed by atoms with Crippen molar-refractivity contribution in [1.29, 1.82) is 0 Å². The van der Waals surface area contributed by atoms with Crippen LogP contribution in [0, 0.1) is 13.8 Å². The van der Waals surface area contributed by atoms with Crippen LogP contribution in [-0.2, 0) is 4.79 Å². The topological polar surface area (TPSA) is 61.7 Å². The van der Waals surface area contributed by atoms with E-state index in [1.807, 2.05) is 32.0 Å². The summed E-state index contributed by atoms with van der Waals surface area (Å²) in [5.74, 6) is -0.0602. The molecule has 2 aromatic rings. The molecule has 23 heavy (non-hydrogen) atoms. The Labute approximate surface area is 139 Å². The maximum Gasteiger partial charge on any atom is 0.264 e. The van der Waals surface area contributed by atoms with Gasteiger partial charge in [-0.2, -0.15) is 0 Å². The highest BCUT2D eigenvalue weighted by Gasteiger charge is 2.24. The average molecular weight is 324 g/mol. The Morgan fingerprint density at radius 1 is 1.17 bits per heavy atom. The first-order chi connectivity index (χ1) is 11.0. The van der Waals surface area contributed by atoms with Gasteiger partial charge < -0.3 is 10.4 Å². The number of amides is 1. The van der Waals surface area contributed by atoms with Crippen LogP contribution in [0.1, 0.15) is 16.7 Å². The minimum atomic E-state index is -0.207. The van der Waals surface area contributed by atoms with E-state index in [2.05, 4.69) is 16.4 Å². The number of para-hydroxylation sites is 1. The van der Waals surface area contributed by atoms with Gasteiger partial charge in [-0.1, -0.05) is 35.9 Å². The van der Waals surface area contributed by atoms with Gasteiger partial charge in [-0.3, -0.25) is 4.79 Å². The Hall–Kier alpha value is -2.53. The molecule has 4 nitrogen and oxygen atoms in total. The number of phenolic OH excluding ortho intramolecular Hbond substituents is 1. The van der Waals surface area contributed by atoms with Crippen molar-refractivity contribution < 1.29 is 9.90 Å². The van der Waals surface area contributed by atoms with Crippen LogP contribution in [0.5, 0.6) is 5.75 Å². The summed E-state index contributed by atoms with van der Waals surface area (Å²) in [5, 5.41) is 13.1. The Morgan fingerprint density at radius 3 is 2.70 bits per heavy atom. The largest absolute Gasteiger partial charge is 0.507 e. The van der Waals surface area contributed by atoms with Gasteiger partial charge in [0, 0.05) is 5.56 Å². The van der Waals surface area contributed by atoms with Gasteiger partial charge in [-0.15, -0.1) is 0 Å². The van der Waals surface area contributed by atoms with Gasteiger partial charge in [0.15, 0.2) is 5.17 Å². The molecule has 0 saturated carbocycles. The van der Waals surface area contributed by atoms with Crippen LogP contribution in [0.2, 0.25) is 0 Å². The highest BCUT2D eigenvalue weighted by atomic mass is 32.2. The number of aromatic hydroxyl groups is 1. The second-order valence-corrected chi connectivity index (χ2v) is 6.36. The lowest BCUT2D eigenvalue weighted by molar-refractivity contribution is -0.115. The fourth-order valence-electron chi connectivity index (χ4n) is 2.27. The summed E-state index contributed by atoms with van der Waals surface area (Å²) < 4.78 is 0. The first kappa shape index (κ1) is 15.4. The molecule has 2 aromatic carbocycles.